The van der Waals surface area contributed by atoms with Crippen LogP contribution in [0.4, 0.5) is 5.95 Å². The minimum atomic E-state index is -0.442. The highest BCUT2D eigenvalue weighted by Crippen LogP contribution is 2.28. The lowest BCUT2D eigenvalue weighted by molar-refractivity contribution is 0.702. The van der Waals surface area contributed by atoms with Crippen molar-refractivity contribution in [2.75, 3.05) is 5.32 Å². The molecule has 0 fully saturated rings. The van der Waals surface area contributed by atoms with E-state index in [1.54, 1.807) is 29.8 Å². The lowest BCUT2D eigenvalue weighted by Gasteiger charge is -2.13. The molecule has 0 spiro atoms. The molecule has 2 aromatic carbocycles. The summed E-state index contributed by atoms with van der Waals surface area (Å²) in [7, 11) is 3.03. The van der Waals surface area contributed by atoms with Crippen LogP contribution in [0.15, 0.2) is 58.1 Å². The first-order chi connectivity index (χ1) is 14.4. The molecule has 30 heavy (non-hydrogen) atoms. The number of benzene rings is 2. The first-order valence-electron chi connectivity index (χ1n) is 9.25. The van der Waals surface area contributed by atoms with Gasteiger partial charge in [-0.15, -0.1) is 0 Å². The zero-order valence-corrected chi connectivity index (χ0v) is 17.9. The normalized spacial score (nSPS) is 11.2. The second-order valence-electron chi connectivity index (χ2n) is 6.94. The van der Waals surface area contributed by atoms with Crippen molar-refractivity contribution in [1.29, 1.82) is 0 Å². The zero-order valence-electron chi connectivity index (χ0n) is 16.4. The quantitative estimate of drug-likeness (QED) is 0.512. The Morgan fingerprint density at radius 1 is 0.933 bits per heavy atom. The van der Waals surface area contributed by atoms with E-state index >= 15 is 0 Å². The third-order valence-electron chi connectivity index (χ3n) is 5.02. The molecule has 4 aromatic rings. The smallest absolute Gasteiger partial charge is 0.332 e. The van der Waals surface area contributed by atoms with Crippen molar-refractivity contribution in [3.8, 4) is 0 Å². The lowest BCUT2D eigenvalue weighted by Crippen LogP contribution is -2.37. The number of aromatic nitrogens is 4. The second kappa shape index (κ2) is 8.01. The molecular formula is C21H19Cl2N5O2. The number of rotatable bonds is 5. The molecule has 0 aliphatic carbocycles. The first kappa shape index (κ1) is 20.3. The number of fused-ring (bicyclic) bond motifs is 1. The van der Waals surface area contributed by atoms with Crippen LogP contribution in [0.5, 0.6) is 0 Å². The van der Waals surface area contributed by atoms with Crippen LogP contribution in [0.2, 0.25) is 10.0 Å². The number of nitrogens with zero attached hydrogens (tertiary/aromatic N) is 4. The van der Waals surface area contributed by atoms with Gasteiger partial charge in [0.25, 0.3) is 5.56 Å². The van der Waals surface area contributed by atoms with Crippen molar-refractivity contribution in [1.82, 2.24) is 18.7 Å². The molecule has 0 saturated carbocycles. The third-order valence-corrected chi connectivity index (χ3v) is 5.73. The fraction of sp³-hybridized carbons (Fsp3) is 0.190. The van der Waals surface area contributed by atoms with Crippen LogP contribution in [-0.4, -0.2) is 18.7 Å². The molecule has 0 radical (unpaired) electrons. The summed E-state index contributed by atoms with van der Waals surface area (Å²) in [6.45, 7) is 0.717. The SMILES string of the molecule is Cn1c(=O)c2c(nc(NCc3ccccc3)n2Cc2c(Cl)cccc2Cl)n(C)c1=O. The summed E-state index contributed by atoms with van der Waals surface area (Å²) in [5.74, 6) is 0.447. The van der Waals surface area contributed by atoms with E-state index in [0.29, 0.717) is 39.3 Å². The Morgan fingerprint density at radius 3 is 2.27 bits per heavy atom. The van der Waals surface area contributed by atoms with Gasteiger partial charge in [-0.25, -0.2) is 4.79 Å². The molecular weight excluding hydrogens is 425 g/mol. The Morgan fingerprint density at radius 2 is 1.60 bits per heavy atom. The number of anilines is 1. The van der Waals surface area contributed by atoms with Gasteiger partial charge in [-0.05, 0) is 17.7 Å². The average molecular weight is 444 g/mol. The summed E-state index contributed by atoms with van der Waals surface area (Å²) in [5, 5.41) is 4.25. The maximum Gasteiger partial charge on any atom is 0.332 e. The minimum Gasteiger partial charge on any atom is -0.351 e. The summed E-state index contributed by atoms with van der Waals surface area (Å²) < 4.78 is 4.14. The Labute approximate surface area is 182 Å². The highest BCUT2D eigenvalue weighted by molar-refractivity contribution is 6.36. The Kier molecular flexibility index (Phi) is 5.40. The van der Waals surface area contributed by atoms with E-state index in [0.717, 1.165) is 10.1 Å². The zero-order chi connectivity index (χ0) is 21.4. The molecule has 0 unspecified atom stereocenters. The van der Waals surface area contributed by atoms with Gasteiger partial charge in [-0.3, -0.25) is 18.5 Å². The van der Waals surface area contributed by atoms with Crippen molar-refractivity contribution in [3.63, 3.8) is 0 Å². The Balaban J connectivity index is 1.90. The fourth-order valence-corrected chi connectivity index (χ4v) is 3.87. The van der Waals surface area contributed by atoms with Gasteiger partial charge in [0, 0.05) is 36.2 Å². The number of hydrogen-bond donors (Lipinski definition) is 1. The van der Waals surface area contributed by atoms with Gasteiger partial charge >= 0.3 is 5.69 Å². The van der Waals surface area contributed by atoms with E-state index in [1.807, 2.05) is 30.3 Å². The molecule has 2 heterocycles. The van der Waals surface area contributed by atoms with E-state index in [1.165, 1.54) is 11.6 Å². The van der Waals surface area contributed by atoms with Crippen LogP contribution in [-0.2, 0) is 27.2 Å². The molecule has 0 amide bonds. The van der Waals surface area contributed by atoms with Crippen molar-refractivity contribution < 1.29 is 0 Å². The van der Waals surface area contributed by atoms with Gasteiger partial charge in [0.1, 0.15) is 0 Å². The van der Waals surface area contributed by atoms with Gasteiger partial charge in [-0.2, -0.15) is 4.98 Å². The second-order valence-corrected chi connectivity index (χ2v) is 7.75. The molecule has 2 aromatic heterocycles. The van der Waals surface area contributed by atoms with E-state index < -0.39 is 11.2 Å². The standard InChI is InChI=1S/C21H19Cl2N5O2/c1-26-18-17(19(29)27(2)21(26)30)28(12-14-15(22)9-6-10-16(14)23)20(25-18)24-11-13-7-4-3-5-8-13/h3-10H,11-12H2,1-2H3,(H,24,25). The summed E-state index contributed by atoms with van der Waals surface area (Å²) in [5.41, 5.74) is 1.43. The average Bonchev–Trinajstić information content (AvgIpc) is 3.11. The Hall–Kier alpha value is -3.03. The summed E-state index contributed by atoms with van der Waals surface area (Å²) in [6.07, 6.45) is 0. The first-order valence-corrected chi connectivity index (χ1v) is 10.0. The van der Waals surface area contributed by atoms with Crippen molar-refractivity contribution in [2.24, 2.45) is 14.1 Å². The van der Waals surface area contributed by atoms with Gasteiger partial charge in [0.15, 0.2) is 11.2 Å². The van der Waals surface area contributed by atoms with Crippen molar-refractivity contribution in [2.45, 2.75) is 13.1 Å². The van der Waals surface area contributed by atoms with E-state index in [9.17, 15) is 9.59 Å². The highest BCUT2D eigenvalue weighted by Gasteiger charge is 2.20. The minimum absolute atomic E-state index is 0.222. The molecule has 154 valence electrons. The number of nitrogens with one attached hydrogen (secondary N) is 1. The third kappa shape index (κ3) is 3.51. The number of halogens is 2. The maximum absolute atomic E-state index is 13.0. The molecule has 0 aliphatic heterocycles. The lowest BCUT2D eigenvalue weighted by atomic mass is 10.2. The Bertz CT molecular complexity index is 1340. The van der Waals surface area contributed by atoms with E-state index in [2.05, 4.69) is 10.3 Å². The van der Waals surface area contributed by atoms with Crippen LogP contribution in [0.25, 0.3) is 11.2 Å². The van der Waals surface area contributed by atoms with Crippen LogP contribution in [0.3, 0.4) is 0 Å². The monoisotopic (exact) mass is 443 g/mol. The van der Waals surface area contributed by atoms with Crippen molar-refractivity contribution in [3.05, 3.63) is 90.5 Å². The van der Waals surface area contributed by atoms with E-state index in [-0.39, 0.29) is 6.54 Å². The van der Waals surface area contributed by atoms with Crippen LogP contribution < -0.4 is 16.6 Å². The van der Waals surface area contributed by atoms with Crippen LogP contribution >= 0.6 is 23.2 Å². The van der Waals surface area contributed by atoms with E-state index in [4.69, 9.17) is 23.2 Å². The molecule has 0 atom stereocenters. The summed E-state index contributed by atoms with van der Waals surface area (Å²) in [6, 6.07) is 15.1. The van der Waals surface area contributed by atoms with Crippen LogP contribution in [0, 0.1) is 0 Å². The molecule has 7 nitrogen and oxygen atoms in total. The molecule has 0 bridgehead atoms. The predicted molar refractivity (Wildman–Crippen MR) is 120 cm³/mol. The number of imidazole rings is 1. The largest absolute Gasteiger partial charge is 0.351 e. The maximum atomic E-state index is 13.0. The molecule has 4 rings (SSSR count). The topological polar surface area (TPSA) is 73.8 Å². The summed E-state index contributed by atoms with van der Waals surface area (Å²) >= 11 is 12.7. The predicted octanol–water partition coefficient (Wildman–Crippen LogP) is 3.40. The molecule has 1 N–H and O–H groups in total. The van der Waals surface area contributed by atoms with Gasteiger partial charge in [0.2, 0.25) is 5.95 Å². The van der Waals surface area contributed by atoms with Gasteiger partial charge in [-0.1, -0.05) is 59.6 Å². The number of hydrogen-bond acceptors (Lipinski definition) is 4. The molecule has 9 heteroatoms. The molecule has 0 saturated heterocycles. The van der Waals surface area contributed by atoms with Crippen molar-refractivity contribution >= 4 is 40.3 Å². The van der Waals surface area contributed by atoms with Gasteiger partial charge < -0.3 is 5.32 Å². The highest BCUT2D eigenvalue weighted by atomic mass is 35.5. The van der Waals surface area contributed by atoms with Crippen LogP contribution in [0.1, 0.15) is 11.1 Å². The molecule has 0 aliphatic rings. The fourth-order valence-electron chi connectivity index (χ4n) is 3.35. The van der Waals surface area contributed by atoms with Gasteiger partial charge in [0.05, 0.1) is 6.54 Å². The number of aryl methyl sites for hydroxylation is 1. The summed E-state index contributed by atoms with van der Waals surface area (Å²) in [4.78, 5) is 29.9.